The monoisotopic (exact) mass is 174 g/mol. The number of aromatic amines is 1. The molecule has 13 heavy (non-hydrogen) atoms. The maximum Gasteiger partial charge on any atom is 0.104 e. The molecule has 2 heteroatoms. The molecular formula is C11H14N2. The van der Waals surface area contributed by atoms with Crippen LogP contribution >= 0.6 is 0 Å². The molecule has 0 fully saturated rings. The molecule has 1 aromatic rings. The second-order valence-electron chi connectivity index (χ2n) is 2.92. The Labute approximate surface area is 78.7 Å². The van der Waals surface area contributed by atoms with Crippen LogP contribution in [0.5, 0.6) is 0 Å². The van der Waals surface area contributed by atoms with Crippen molar-refractivity contribution in [2.45, 2.75) is 13.8 Å². The fourth-order valence-corrected chi connectivity index (χ4v) is 1.08. The highest BCUT2D eigenvalue weighted by Crippen LogP contribution is 2.11. The third kappa shape index (κ3) is 2.18. The highest BCUT2D eigenvalue weighted by Gasteiger charge is 2.00. The van der Waals surface area contributed by atoms with Crippen molar-refractivity contribution in [2.24, 2.45) is 0 Å². The van der Waals surface area contributed by atoms with E-state index < -0.39 is 0 Å². The SMILES string of the molecule is C=C/C(C)=C\c1[nH]c(C)nc1C=C. The zero-order valence-corrected chi connectivity index (χ0v) is 8.09. The molecule has 0 aromatic carbocycles. The van der Waals surface area contributed by atoms with E-state index in [0.717, 1.165) is 22.8 Å². The predicted molar refractivity (Wildman–Crippen MR) is 57.3 cm³/mol. The lowest BCUT2D eigenvalue weighted by Crippen LogP contribution is -1.78. The quantitative estimate of drug-likeness (QED) is 0.701. The van der Waals surface area contributed by atoms with Crippen LogP contribution in [-0.2, 0) is 0 Å². The van der Waals surface area contributed by atoms with Crippen LogP contribution in [0.3, 0.4) is 0 Å². The zero-order chi connectivity index (χ0) is 9.84. The summed E-state index contributed by atoms with van der Waals surface area (Å²) in [5.74, 6) is 0.901. The van der Waals surface area contributed by atoms with Gasteiger partial charge in [0.25, 0.3) is 0 Å². The number of aryl methyl sites for hydroxylation is 1. The lowest BCUT2D eigenvalue weighted by molar-refractivity contribution is 1.14. The molecule has 0 atom stereocenters. The summed E-state index contributed by atoms with van der Waals surface area (Å²) in [7, 11) is 0. The maximum atomic E-state index is 4.26. The number of hydrogen-bond donors (Lipinski definition) is 1. The van der Waals surface area contributed by atoms with Crippen molar-refractivity contribution >= 4 is 12.2 Å². The third-order valence-corrected chi connectivity index (χ3v) is 1.77. The molecule has 1 aromatic heterocycles. The van der Waals surface area contributed by atoms with Gasteiger partial charge in [-0.25, -0.2) is 4.98 Å². The van der Waals surface area contributed by atoms with E-state index in [1.165, 1.54) is 0 Å². The summed E-state index contributed by atoms with van der Waals surface area (Å²) in [4.78, 5) is 7.42. The molecule has 0 radical (unpaired) electrons. The molecule has 2 nitrogen and oxygen atoms in total. The van der Waals surface area contributed by atoms with Gasteiger partial charge in [-0.15, -0.1) is 0 Å². The largest absolute Gasteiger partial charge is 0.342 e. The first-order valence-electron chi connectivity index (χ1n) is 4.17. The van der Waals surface area contributed by atoms with Gasteiger partial charge in [0.05, 0.1) is 11.4 Å². The lowest BCUT2D eigenvalue weighted by Gasteiger charge is -1.91. The zero-order valence-electron chi connectivity index (χ0n) is 8.09. The average molecular weight is 174 g/mol. The van der Waals surface area contributed by atoms with Crippen molar-refractivity contribution in [1.82, 2.24) is 9.97 Å². The first-order chi connectivity index (χ1) is 6.17. The molecule has 1 N–H and O–H groups in total. The second kappa shape index (κ2) is 3.90. The number of rotatable bonds is 3. The normalized spacial score (nSPS) is 11.4. The Morgan fingerprint density at radius 3 is 2.69 bits per heavy atom. The van der Waals surface area contributed by atoms with Crippen LogP contribution < -0.4 is 0 Å². The topological polar surface area (TPSA) is 28.7 Å². The Morgan fingerprint density at radius 2 is 2.15 bits per heavy atom. The molecule has 0 saturated heterocycles. The van der Waals surface area contributed by atoms with Crippen LogP contribution in [0.15, 0.2) is 24.8 Å². The van der Waals surface area contributed by atoms with Gasteiger partial charge in [0, 0.05) is 0 Å². The minimum atomic E-state index is 0.888. The molecular weight excluding hydrogens is 160 g/mol. The number of hydrogen-bond acceptors (Lipinski definition) is 1. The van der Waals surface area contributed by atoms with Crippen molar-refractivity contribution < 1.29 is 0 Å². The van der Waals surface area contributed by atoms with Gasteiger partial charge in [-0.3, -0.25) is 0 Å². The maximum absolute atomic E-state index is 4.26. The highest BCUT2D eigenvalue weighted by atomic mass is 14.9. The van der Waals surface area contributed by atoms with Crippen molar-refractivity contribution in [1.29, 1.82) is 0 Å². The molecule has 0 saturated carbocycles. The van der Waals surface area contributed by atoms with Crippen molar-refractivity contribution in [2.75, 3.05) is 0 Å². The molecule has 0 aliphatic heterocycles. The van der Waals surface area contributed by atoms with Crippen LogP contribution in [0.4, 0.5) is 0 Å². The average Bonchev–Trinajstić information content (AvgIpc) is 2.46. The highest BCUT2D eigenvalue weighted by molar-refractivity contribution is 5.61. The van der Waals surface area contributed by atoms with E-state index in [0.29, 0.717) is 0 Å². The summed E-state index contributed by atoms with van der Waals surface area (Å²) in [5.41, 5.74) is 2.98. The van der Waals surface area contributed by atoms with E-state index in [9.17, 15) is 0 Å². The van der Waals surface area contributed by atoms with Gasteiger partial charge in [-0.2, -0.15) is 0 Å². The molecule has 1 heterocycles. The molecule has 0 bridgehead atoms. The number of aromatic nitrogens is 2. The van der Waals surface area contributed by atoms with E-state index in [2.05, 4.69) is 23.1 Å². The van der Waals surface area contributed by atoms with Crippen LogP contribution in [0.2, 0.25) is 0 Å². The van der Waals surface area contributed by atoms with E-state index in [1.54, 1.807) is 6.08 Å². The predicted octanol–water partition coefficient (Wildman–Crippen LogP) is 2.95. The van der Waals surface area contributed by atoms with Gasteiger partial charge in [0.15, 0.2) is 0 Å². The number of imidazole rings is 1. The minimum Gasteiger partial charge on any atom is -0.342 e. The van der Waals surface area contributed by atoms with E-state index in [1.807, 2.05) is 26.0 Å². The molecule has 1 rings (SSSR count). The Kier molecular flexibility index (Phi) is 2.85. The van der Waals surface area contributed by atoms with Crippen LogP contribution in [0.25, 0.3) is 12.2 Å². The van der Waals surface area contributed by atoms with Gasteiger partial charge in [-0.05, 0) is 31.6 Å². The molecule has 0 aliphatic rings. The van der Waals surface area contributed by atoms with Crippen molar-refractivity contribution in [3.63, 3.8) is 0 Å². The van der Waals surface area contributed by atoms with Crippen molar-refractivity contribution in [3.05, 3.63) is 42.0 Å². The summed E-state index contributed by atoms with van der Waals surface area (Å²) in [6, 6.07) is 0. The molecule has 0 amide bonds. The van der Waals surface area contributed by atoms with Gasteiger partial charge >= 0.3 is 0 Å². The first-order valence-corrected chi connectivity index (χ1v) is 4.17. The molecule has 68 valence electrons. The summed E-state index contributed by atoms with van der Waals surface area (Å²) in [6.45, 7) is 11.3. The minimum absolute atomic E-state index is 0.888. The summed E-state index contributed by atoms with van der Waals surface area (Å²) in [6.07, 6.45) is 5.55. The Morgan fingerprint density at radius 1 is 1.46 bits per heavy atom. The second-order valence-corrected chi connectivity index (χ2v) is 2.92. The smallest absolute Gasteiger partial charge is 0.104 e. The summed E-state index contributed by atoms with van der Waals surface area (Å²) >= 11 is 0. The Balaban J connectivity index is 3.13. The van der Waals surface area contributed by atoms with Crippen LogP contribution in [0, 0.1) is 6.92 Å². The number of H-pyrrole nitrogens is 1. The summed E-state index contributed by atoms with van der Waals surface area (Å²) < 4.78 is 0. The fraction of sp³-hybridized carbons (Fsp3) is 0.182. The van der Waals surface area contributed by atoms with E-state index in [-0.39, 0.29) is 0 Å². The summed E-state index contributed by atoms with van der Waals surface area (Å²) in [5, 5.41) is 0. The Hall–Kier alpha value is -1.57. The van der Waals surface area contributed by atoms with Gasteiger partial charge in [0.2, 0.25) is 0 Å². The number of allylic oxidation sites excluding steroid dienone is 2. The van der Waals surface area contributed by atoms with Gasteiger partial charge in [-0.1, -0.05) is 19.2 Å². The molecule has 0 unspecified atom stereocenters. The van der Waals surface area contributed by atoms with Gasteiger partial charge in [0.1, 0.15) is 5.82 Å². The van der Waals surface area contributed by atoms with E-state index >= 15 is 0 Å². The first kappa shape index (κ1) is 9.52. The fourth-order valence-electron chi connectivity index (χ4n) is 1.08. The lowest BCUT2D eigenvalue weighted by atomic mass is 10.2. The van der Waals surface area contributed by atoms with E-state index in [4.69, 9.17) is 0 Å². The van der Waals surface area contributed by atoms with Crippen LogP contribution in [-0.4, -0.2) is 9.97 Å². The number of nitrogens with one attached hydrogen (secondary N) is 1. The van der Waals surface area contributed by atoms with Gasteiger partial charge < -0.3 is 4.98 Å². The Bertz CT molecular complexity index is 356. The molecule has 0 aliphatic carbocycles. The molecule has 0 spiro atoms. The third-order valence-electron chi connectivity index (χ3n) is 1.77. The standard InChI is InChI=1S/C11H14N2/c1-5-8(3)7-11-10(6-2)12-9(4)13-11/h5-7H,1-2H2,3-4H3,(H,12,13)/b8-7-. The van der Waals surface area contributed by atoms with Crippen LogP contribution in [0.1, 0.15) is 24.1 Å². The van der Waals surface area contributed by atoms with Crippen molar-refractivity contribution in [3.8, 4) is 0 Å². The number of nitrogens with zero attached hydrogens (tertiary/aromatic N) is 1.